The topological polar surface area (TPSA) is 58.2 Å². The highest BCUT2D eigenvalue weighted by Gasteiger charge is 2.17. The lowest BCUT2D eigenvalue weighted by atomic mass is 9.84. The summed E-state index contributed by atoms with van der Waals surface area (Å²) in [5.41, 5.74) is 3.87. The van der Waals surface area contributed by atoms with Crippen molar-refractivity contribution in [3.05, 3.63) is 47.7 Å². The van der Waals surface area contributed by atoms with Gasteiger partial charge in [0, 0.05) is 11.4 Å². The van der Waals surface area contributed by atoms with Crippen molar-refractivity contribution in [3.8, 4) is 0 Å². The second-order valence-corrected chi connectivity index (χ2v) is 8.71. The van der Waals surface area contributed by atoms with Crippen LogP contribution in [0.2, 0.25) is 0 Å². The van der Waals surface area contributed by atoms with Gasteiger partial charge in [0.05, 0.1) is 4.90 Å². The van der Waals surface area contributed by atoms with Gasteiger partial charge in [0.2, 0.25) is 10.0 Å². The SMILES string of the molecule is C=C(CC1CCCCC1)/C(=C\C)Nc1cc(S(=O)(=O)NC)ccc1C. The van der Waals surface area contributed by atoms with Crippen LogP contribution >= 0.6 is 0 Å². The quantitative estimate of drug-likeness (QED) is 0.689. The van der Waals surface area contributed by atoms with Crippen molar-refractivity contribution in [1.29, 1.82) is 0 Å². The summed E-state index contributed by atoms with van der Waals surface area (Å²) < 4.78 is 26.5. The number of allylic oxidation sites excluding steroid dienone is 2. The monoisotopic (exact) mass is 362 g/mol. The van der Waals surface area contributed by atoms with E-state index >= 15 is 0 Å². The second-order valence-electron chi connectivity index (χ2n) is 6.82. The van der Waals surface area contributed by atoms with Gasteiger partial charge in [-0.05, 0) is 56.5 Å². The molecule has 1 aliphatic rings. The van der Waals surface area contributed by atoms with Crippen molar-refractivity contribution in [2.45, 2.75) is 57.3 Å². The number of hydrogen-bond donors (Lipinski definition) is 2. The number of sulfonamides is 1. The van der Waals surface area contributed by atoms with Crippen LogP contribution in [0.15, 0.2) is 47.0 Å². The molecule has 0 bridgehead atoms. The molecule has 1 fully saturated rings. The van der Waals surface area contributed by atoms with Crippen molar-refractivity contribution in [1.82, 2.24) is 4.72 Å². The Kier molecular flexibility index (Phi) is 6.85. The summed E-state index contributed by atoms with van der Waals surface area (Å²) in [6.45, 7) is 8.22. The van der Waals surface area contributed by atoms with Gasteiger partial charge in [0.15, 0.2) is 0 Å². The average molecular weight is 363 g/mol. The Morgan fingerprint density at radius 2 is 1.96 bits per heavy atom. The van der Waals surface area contributed by atoms with Crippen LogP contribution in [-0.2, 0) is 10.0 Å². The Labute approximate surface area is 152 Å². The van der Waals surface area contributed by atoms with Gasteiger partial charge in [-0.2, -0.15) is 0 Å². The molecule has 0 spiro atoms. The summed E-state index contributed by atoms with van der Waals surface area (Å²) in [7, 11) is -2.03. The van der Waals surface area contributed by atoms with Crippen LogP contribution < -0.4 is 10.0 Å². The van der Waals surface area contributed by atoms with Gasteiger partial charge in [-0.3, -0.25) is 0 Å². The van der Waals surface area contributed by atoms with Crippen molar-refractivity contribution in [2.75, 3.05) is 12.4 Å². The second kappa shape index (κ2) is 8.68. The Balaban J connectivity index is 2.15. The lowest BCUT2D eigenvalue weighted by Gasteiger charge is -2.24. The first-order valence-electron chi connectivity index (χ1n) is 9.03. The molecule has 1 aromatic carbocycles. The van der Waals surface area contributed by atoms with E-state index in [9.17, 15) is 8.42 Å². The summed E-state index contributed by atoms with van der Waals surface area (Å²) >= 11 is 0. The fourth-order valence-corrected chi connectivity index (χ4v) is 4.14. The minimum absolute atomic E-state index is 0.261. The zero-order valence-electron chi connectivity index (χ0n) is 15.6. The Morgan fingerprint density at radius 3 is 2.56 bits per heavy atom. The van der Waals surface area contributed by atoms with Crippen LogP contribution in [0.1, 0.15) is 51.0 Å². The summed E-state index contributed by atoms with van der Waals surface area (Å²) in [6, 6.07) is 5.13. The first-order valence-corrected chi connectivity index (χ1v) is 10.5. The van der Waals surface area contributed by atoms with Gasteiger partial charge >= 0.3 is 0 Å². The summed E-state index contributed by atoms with van der Waals surface area (Å²) in [6.07, 6.45) is 9.57. The van der Waals surface area contributed by atoms with Crippen LogP contribution in [-0.4, -0.2) is 15.5 Å². The minimum atomic E-state index is -3.45. The van der Waals surface area contributed by atoms with E-state index in [-0.39, 0.29) is 4.90 Å². The van der Waals surface area contributed by atoms with Gasteiger partial charge < -0.3 is 5.32 Å². The van der Waals surface area contributed by atoms with E-state index in [4.69, 9.17) is 0 Å². The first kappa shape index (κ1) is 19.7. The standard InChI is InChI=1S/C20H30N2O2S/c1-5-19(16(3)13-17-9-7-6-8-10-17)22-20-14-18(12-11-15(20)2)25(23,24)21-4/h5,11-12,14,17,21-22H,3,6-10,13H2,1-2,4H3/b19-5+. The largest absolute Gasteiger partial charge is 0.355 e. The molecule has 1 aromatic rings. The molecule has 0 radical (unpaired) electrons. The molecule has 25 heavy (non-hydrogen) atoms. The minimum Gasteiger partial charge on any atom is -0.355 e. The van der Waals surface area contributed by atoms with E-state index in [1.165, 1.54) is 39.2 Å². The van der Waals surface area contributed by atoms with Crippen molar-refractivity contribution in [3.63, 3.8) is 0 Å². The van der Waals surface area contributed by atoms with Crippen LogP contribution in [0.5, 0.6) is 0 Å². The average Bonchev–Trinajstić information content (AvgIpc) is 2.61. The number of nitrogens with one attached hydrogen (secondary N) is 2. The maximum atomic E-state index is 12.0. The number of hydrogen-bond acceptors (Lipinski definition) is 3. The first-order chi connectivity index (χ1) is 11.9. The number of aryl methyl sites for hydroxylation is 1. The molecule has 0 amide bonds. The highest BCUT2D eigenvalue weighted by atomic mass is 32.2. The van der Waals surface area contributed by atoms with Gasteiger partial charge in [-0.1, -0.05) is 50.8 Å². The van der Waals surface area contributed by atoms with E-state index in [1.54, 1.807) is 12.1 Å². The molecular weight excluding hydrogens is 332 g/mol. The van der Waals surface area contributed by atoms with E-state index in [1.807, 2.05) is 26.0 Å². The van der Waals surface area contributed by atoms with Gasteiger partial charge in [-0.15, -0.1) is 0 Å². The van der Waals surface area contributed by atoms with Crippen molar-refractivity contribution in [2.24, 2.45) is 5.92 Å². The molecule has 5 heteroatoms. The Hall–Kier alpha value is -1.59. The molecule has 2 rings (SSSR count). The normalized spacial score (nSPS) is 16.7. The van der Waals surface area contributed by atoms with Crippen LogP contribution in [0.25, 0.3) is 0 Å². The van der Waals surface area contributed by atoms with Gasteiger partial charge in [0.1, 0.15) is 0 Å². The third-order valence-electron chi connectivity index (χ3n) is 4.99. The molecule has 1 saturated carbocycles. The lowest BCUT2D eigenvalue weighted by Crippen LogP contribution is -2.19. The summed E-state index contributed by atoms with van der Waals surface area (Å²) in [4.78, 5) is 0.261. The van der Waals surface area contributed by atoms with Gasteiger partial charge in [0.25, 0.3) is 0 Å². The van der Waals surface area contributed by atoms with E-state index < -0.39 is 10.0 Å². The molecule has 4 nitrogen and oxygen atoms in total. The highest BCUT2D eigenvalue weighted by molar-refractivity contribution is 7.89. The molecule has 0 aliphatic heterocycles. The number of rotatable bonds is 7. The zero-order valence-corrected chi connectivity index (χ0v) is 16.4. The van der Waals surface area contributed by atoms with E-state index in [0.717, 1.165) is 34.9 Å². The van der Waals surface area contributed by atoms with Gasteiger partial charge in [-0.25, -0.2) is 13.1 Å². The molecule has 138 valence electrons. The molecule has 0 unspecified atom stereocenters. The summed E-state index contributed by atoms with van der Waals surface area (Å²) in [5.74, 6) is 0.718. The highest BCUT2D eigenvalue weighted by Crippen LogP contribution is 2.31. The zero-order chi connectivity index (χ0) is 18.4. The number of benzene rings is 1. The fourth-order valence-electron chi connectivity index (χ4n) is 3.38. The third kappa shape index (κ3) is 5.19. The van der Waals surface area contributed by atoms with Crippen LogP contribution in [0, 0.1) is 12.8 Å². The van der Waals surface area contributed by atoms with E-state index in [2.05, 4.69) is 16.6 Å². The molecule has 0 atom stereocenters. The smallest absolute Gasteiger partial charge is 0.240 e. The molecule has 1 aliphatic carbocycles. The van der Waals surface area contributed by atoms with Crippen molar-refractivity contribution < 1.29 is 8.42 Å². The van der Waals surface area contributed by atoms with Crippen LogP contribution in [0.3, 0.4) is 0 Å². The maximum Gasteiger partial charge on any atom is 0.240 e. The molecular formula is C20H30N2O2S. The summed E-state index contributed by atoms with van der Waals surface area (Å²) in [5, 5.41) is 3.39. The fraction of sp³-hybridized carbons (Fsp3) is 0.500. The molecule has 2 N–H and O–H groups in total. The number of anilines is 1. The molecule has 0 aromatic heterocycles. The van der Waals surface area contributed by atoms with E-state index in [0.29, 0.717) is 0 Å². The molecule has 0 heterocycles. The predicted molar refractivity (Wildman–Crippen MR) is 105 cm³/mol. The Bertz CT molecular complexity index is 745. The maximum absolute atomic E-state index is 12.0. The molecule has 0 saturated heterocycles. The van der Waals surface area contributed by atoms with Crippen LogP contribution in [0.4, 0.5) is 5.69 Å². The van der Waals surface area contributed by atoms with Crippen molar-refractivity contribution >= 4 is 15.7 Å². The third-order valence-corrected chi connectivity index (χ3v) is 6.40. The predicted octanol–water partition coefficient (Wildman–Crippen LogP) is 4.75. The Morgan fingerprint density at radius 1 is 1.28 bits per heavy atom. The lowest BCUT2D eigenvalue weighted by molar-refractivity contribution is 0.357.